The summed E-state index contributed by atoms with van der Waals surface area (Å²) in [5, 5.41) is 13.2. The van der Waals surface area contributed by atoms with Gasteiger partial charge in [-0.2, -0.15) is 0 Å². The first-order valence-electron chi connectivity index (χ1n) is 5.16. The Kier molecular flexibility index (Phi) is 4.51. The number of hydrogen-bond acceptors (Lipinski definition) is 3. The Balaban J connectivity index is 2.67. The number of rotatable bonds is 5. The van der Waals surface area contributed by atoms with Gasteiger partial charge in [-0.15, -0.1) is 11.6 Å². The van der Waals surface area contributed by atoms with Crippen LogP contribution < -0.4 is 5.32 Å². The van der Waals surface area contributed by atoms with Gasteiger partial charge in [0.05, 0.1) is 7.05 Å². The summed E-state index contributed by atoms with van der Waals surface area (Å²) in [6.07, 6.45) is 0.653. The first kappa shape index (κ1) is 13.5. The largest absolute Gasteiger partial charge is 0.358 e. The highest BCUT2D eigenvalue weighted by atomic mass is 35.5. The van der Waals surface area contributed by atoms with Crippen molar-refractivity contribution in [2.75, 3.05) is 6.54 Å². The maximum atomic E-state index is 11.7. The van der Waals surface area contributed by atoms with E-state index >= 15 is 0 Å². The minimum Gasteiger partial charge on any atom is -0.358 e. The monoisotopic (exact) mass is 259 g/mol. The molecule has 17 heavy (non-hydrogen) atoms. The predicted octanol–water partition coefficient (Wildman–Crippen LogP) is 1.68. The molecule has 1 aromatic rings. The number of aromatic nitrogens is 1. The predicted molar refractivity (Wildman–Crippen MR) is 64.3 cm³/mol. The second-order valence-electron chi connectivity index (χ2n) is 3.72. The SMILES string of the molecule is CC(Cl)CCNC(=O)c1ccc([N+](=O)[O-])n1C. The van der Waals surface area contributed by atoms with Crippen LogP contribution in [0.3, 0.4) is 0 Å². The van der Waals surface area contributed by atoms with Crippen LogP contribution in [0.15, 0.2) is 12.1 Å². The van der Waals surface area contributed by atoms with Gasteiger partial charge in [-0.25, -0.2) is 4.57 Å². The number of nitrogens with zero attached hydrogens (tertiary/aromatic N) is 2. The van der Waals surface area contributed by atoms with Crippen LogP contribution in [0.2, 0.25) is 0 Å². The molecule has 0 radical (unpaired) electrons. The van der Waals surface area contributed by atoms with Crippen LogP contribution >= 0.6 is 11.6 Å². The first-order valence-corrected chi connectivity index (χ1v) is 5.59. The Morgan fingerprint density at radius 2 is 2.29 bits per heavy atom. The van der Waals surface area contributed by atoms with Crippen LogP contribution in [-0.2, 0) is 7.05 Å². The van der Waals surface area contributed by atoms with Crippen LogP contribution in [0, 0.1) is 10.1 Å². The summed E-state index contributed by atoms with van der Waals surface area (Å²) >= 11 is 5.74. The Morgan fingerprint density at radius 1 is 1.65 bits per heavy atom. The van der Waals surface area contributed by atoms with E-state index < -0.39 is 4.92 Å². The summed E-state index contributed by atoms with van der Waals surface area (Å²) < 4.78 is 1.25. The lowest BCUT2D eigenvalue weighted by atomic mass is 10.3. The fraction of sp³-hybridized carbons (Fsp3) is 0.500. The third-order valence-electron chi connectivity index (χ3n) is 2.34. The fourth-order valence-electron chi connectivity index (χ4n) is 1.39. The highest BCUT2D eigenvalue weighted by Crippen LogP contribution is 2.14. The van der Waals surface area contributed by atoms with Crippen molar-refractivity contribution in [3.63, 3.8) is 0 Å². The standard InChI is InChI=1S/C10H14ClN3O3/c1-7(11)5-6-12-10(15)8-3-4-9(13(8)2)14(16)17/h3-4,7H,5-6H2,1-2H3,(H,12,15). The number of nitro groups is 1. The van der Waals surface area contributed by atoms with E-state index in [2.05, 4.69) is 5.32 Å². The van der Waals surface area contributed by atoms with Crippen molar-refractivity contribution < 1.29 is 9.72 Å². The maximum Gasteiger partial charge on any atom is 0.323 e. The molecule has 1 aromatic heterocycles. The minimum atomic E-state index is -0.530. The van der Waals surface area contributed by atoms with Crippen LogP contribution in [0.4, 0.5) is 5.82 Å². The van der Waals surface area contributed by atoms with Gasteiger partial charge in [0.15, 0.2) is 5.69 Å². The highest BCUT2D eigenvalue weighted by molar-refractivity contribution is 6.20. The zero-order valence-electron chi connectivity index (χ0n) is 9.64. The molecule has 0 saturated carbocycles. The maximum absolute atomic E-state index is 11.7. The third kappa shape index (κ3) is 3.45. The molecule has 0 aliphatic heterocycles. The van der Waals surface area contributed by atoms with Crippen LogP contribution in [0.5, 0.6) is 0 Å². The fourth-order valence-corrected chi connectivity index (χ4v) is 1.50. The number of amides is 1. The van der Waals surface area contributed by atoms with Gasteiger partial charge in [0.1, 0.15) is 0 Å². The molecule has 6 nitrogen and oxygen atoms in total. The number of halogens is 1. The van der Waals surface area contributed by atoms with E-state index in [4.69, 9.17) is 11.6 Å². The molecule has 0 aromatic carbocycles. The van der Waals surface area contributed by atoms with Gasteiger partial charge in [0.2, 0.25) is 0 Å². The molecule has 0 fully saturated rings. The van der Waals surface area contributed by atoms with Gasteiger partial charge in [-0.1, -0.05) is 0 Å². The lowest BCUT2D eigenvalue weighted by Crippen LogP contribution is -2.27. The number of alkyl halides is 1. The van der Waals surface area contributed by atoms with E-state index in [0.29, 0.717) is 13.0 Å². The van der Waals surface area contributed by atoms with Gasteiger partial charge in [0.25, 0.3) is 5.91 Å². The van der Waals surface area contributed by atoms with Crippen LogP contribution in [-0.4, -0.2) is 27.3 Å². The molecule has 1 N–H and O–H groups in total. The highest BCUT2D eigenvalue weighted by Gasteiger charge is 2.19. The van der Waals surface area contributed by atoms with E-state index in [1.54, 1.807) is 0 Å². The Hall–Kier alpha value is -1.56. The quantitative estimate of drug-likeness (QED) is 0.496. The number of hydrogen-bond donors (Lipinski definition) is 1. The molecule has 0 saturated heterocycles. The Bertz CT molecular complexity index is 428. The molecular formula is C10H14ClN3O3. The van der Waals surface area contributed by atoms with Gasteiger partial charge >= 0.3 is 5.82 Å². The molecule has 94 valence electrons. The van der Waals surface area contributed by atoms with Crippen molar-refractivity contribution in [3.05, 3.63) is 27.9 Å². The Labute approximate surface area is 104 Å². The molecule has 0 aliphatic carbocycles. The molecule has 1 atom stereocenters. The molecule has 0 aliphatic rings. The van der Waals surface area contributed by atoms with E-state index in [1.807, 2.05) is 6.92 Å². The second kappa shape index (κ2) is 5.67. The molecule has 7 heteroatoms. The third-order valence-corrected chi connectivity index (χ3v) is 2.56. The normalized spacial score (nSPS) is 12.2. The molecular weight excluding hydrogens is 246 g/mol. The van der Waals surface area contributed by atoms with Crippen molar-refractivity contribution in [1.29, 1.82) is 0 Å². The van der Waals surface area contributed by atoms with Crippen molar-refractivity contribution in [1.82, 2.24) is 9.88 Å². The summed E-state index contributed by atoms with van der Waals surface area (Å²) in [4.78, 5) is 21.8. The van der Waals surface area contributed by atoms with E-state index in [-0.39, 0.29) is 22.8 Å². The van der Waals surface area contributed by atoms with Crippen LogP contribution in [0.25, 0.3) is 0 Å². The van der Waals surface area contributed by atoms with E-state index in [9.17, 15) is 14.9 Å². The zero-order chi connectivity index (χ0) is 13.0. The van der Waals surface area contributed by atoms with Gasteiger partial charge in [-0.3, -0.25) is 4.79 Å². The van der Waals surface area contributed by atoms with E-state index in [0.717, 1.165) is 0 Å². The molecule has 1 unspecified atom stereocenters. The van der Waals surface area contributed by atoms with Crippen LogP contribution in [0.1, 0.15) is 23.8 Å². The summed E-state index contributed by atoms with van der Waals surface area (Å²) in [6, 6.07) is 2.73. The smallest absolute Gasteiger partial charge is 0.323 e. The first-order chi connectivity index (χ1) is 7.93. The summed E-state index contributed by atoms with van der Waals surface area (Å²) in [5.74, 6) is -0.446. The zero-order valence-corrected chi connectivity index (χ0v) is 10.4. The number of carbonyl (C=O) groups is 1. The molecule has 1 heterocycles. The topological polar surface area (TPSA) is 77.2 Å². The Morgan fingerprint density at radius 3 is 2.76 bits per heavy atom. The molecule has 0 bridgehead atoms. The number of carbonyl (C=O) groups excluding carboxylic acids is 1. The molecule has 1 amide bonds. The summed E-state index contributed by atoms with van der Waals surface area (Å²) in [7, 11) is 1.48. The van der Waals surface area contributed by atoms with Crippen molar-refractivity contribution >= 4 is 23.3 Å². The van der Waals surface area contributed by atoms with Gasteiger partial charge in [-0.05, 0) is 24.3 Å². The van der Waals surface area contributed by atoms with Crippen molar-refractivity contribution in [2.24, 2.45) is 7.05 Å². The lowest BCUT2D eigenvalue weighted by molar-refractivity contribution is -0.391. The van der Waals surface area contributed by atoms with Gasteiger partial charge < -0.3 is 15.4 Å². The summed E-state index contributed by atoms with van der Waals surface area (Å²) in [5.41, 5.74) is 0.263. The second-order valence-corrected chi connectivity index (χ2v) is 4.46. The van der Waals surface area contributed by atoms with Crippen molar-refractivity contribution in [2.45, 2.75) is 18.7 Å². The average Bonchev–Trinajstić information content (AvgIpc) is 2.59. The average molecular weight is 260 g/mol. The lowest BCUT2D eigenvalue weighted by Gasteiger charge is -2.05. The van der Waals surface area contributed by atoms with Crippen molar-refractivity contribution in [3.8, 4) is 0 Å². The van der Waals surface area contributed by atoms with Gasteiger partial charge in [0, 0.05) is 18.0 Å². The number of nitrogens with one attached hydrogen (secondary N) is 1. The summed E-state index contributed by atoms with van der Waals surface area (Å²) in [6.45, 7) is 2.28. The minimum absolute atomic E-state index is 0.0157. The van der Waals surface area contributed by atoms with E-state index in [1.165, 1.54) is 23.7 Å². The molecule has 1 rings (SSSR count). The molecule has 0 spiro atoms.